The van der Waals surface area contributed by atoms with E-state index < -0.39 is 5.97 Å². The van der Waals surface area contributed by atoms with Gasteiger partial charge in [0.15, 0.2) is 0 Å². The molecule has 4 aliphatic rings. The van der Waals surface area contributed by atoms with Crippen molar-refractivity contribution in [1.82, 2.24) is 0 Å². The molecule has 0 aromatic carbocycles. The van der Waals surface area contributed by atoms with E-state index in [-0.39, 0.29) is 5.92 Å². The maximum absolute atomic E-state index is 10.9. The number of hydrogen-bond donors (Lipinski definition) is 0. The molecular formula is C11H15O2-. The lowest BCUT2D eigenvalue weighted by molar-refractivity contribution is -0.313. The Bertz CT molecular complexity index is 261. The number of carbonyl (C=O) groups is 1. The van der Waals surface area contributed by atoms with Crippen LogP contribution >= 0.6 is 0 Å². The highest BCUT2D eigenvalue weighted by atomic mass is 16.4. The average Bonchev–Trinajstić information content (AvgIpc) is 2.78. The molecular weight excluding hydrogens is 164 g/mol. The minimum atomic E-state index is -0.789. The van der Waals surface area contributed by atoms with Crippen LogP contribution in [0.25, 0.3) is 0 Å². The monoisotopic (exact) mass is 179 g/mol. The van der Waals surface area contributed by atoms with Gasteiger partial charge in [0.05, 0.1) is 0 Å². The molecule has 13 heavy (non-hydrogen) atoms. The standard InChI is InChI=1S/C11H16O2/c12-10(13)9-2-4-11-3-1-7(9)5-8(11)6-11/h7-9H,1-6H2,(H,12,13)/p-1/t7-,8?,9-,11?/m1/s1. The summed E-state index contributed by atoms with van der Waals surface area (Å²) in [7, 11) is 0. The first-order valence-corrected chi connectivity index (χ1v) is 5.42. The molecule has 72 valence electrons. The maximum Gasteiger partial charge on any atom is 0.0448 e. The highest BCUT2D eigenvalue weighted by Crippen LogP contribution is 2.68. The molecule has 4 saturated carbocycles. The topological polar surface area (TPSA) is 40.1 Å². The molecule has 0 saturated heterocycles. The summed E-state index contributed by atoms with van der Waals surface area (Å²) >= 11 is 0. The molecule has 0 amide bonds. The van der Waals surface area contributed by atoms with Gasteiger partial charge in [-0.15, -0.1) is 0 Å². The Hall–Kier alpha value is -0.530. The van der Waals surface area contributed by atoms with Crippen molar-refractivity contribution in [3.63, 3.8) is 0 Å². The molecule has 4 aliphatic carbocycles. The molecule has 2 nitrogen and oxygen atoms in total. The Morgan fingerprint density at radius 2 is 2.08 bits per heavy atom. The number of carboxylic acid groups (broad SMARTS) is 1. The number of rotatable bonds is 1. The third-order valence-corrected chi connectivity index (χ3v) is 4.78. The van der Waals surface area contributed by atoms with E-state index in [1.165, 1.54) is 19.3 Å². The Morgan fingerprint density at radius 3 is 2.77 bits per heavy atom. The smallest absolute Gasteiger partial charge is 0.0448 e. The lowest BCUT2D eigenvalue weighted by Crippen LogP contribution is -2.35. The predicted molar refractivity (Wildman–Crippen MR) is 45.6 cm³/mol. The Labute approximate surface area is 78.3 Å². The van der Waals surface area contributed by atoms with Gasteiger partial charge in [-0.25, -0.2) is 0 Å². The lowest BCUT2D eigenvalue weighted by Gasteiger charge is -2.27. The fourth-order valence-electron chi connectivity index (χ4n) is 3.81. The molecule has 1 spiro atoms. The van der Waals surface area contributed by atoms with Gasteiger partial charge in [0.2, 0.25) is 0 Å². The van der Waals surface area contributed by atoms with Crippen molar-refractivity contribution < 1.29 is 9.90 Å². The van der Waals surface area contributed by atoms with Crippen molar-refractivity contribution in [1.29, 1.82) is 0 Å². The highest BCUT2D eigenvalue weighted by molar-refractivity contribution is 5.68. The molecule has 2 heteroatoms. The fraction of sp³-hybridized carbons (Fsp3) is 0.909. The lowest BCUT2D eigenvalue weighted by atomic mass is 9.80. The van der Waals surface area contributed by atoms with E-state index in [1.807, 2.05) is 0 Å². The number of carboxylic acids is 1. The first-order valence-electron chi connectivity index (χ1n) is 5.42. The van der Waals surface area contributed by atoms with Crippen LogP contribution in [-0.4, -0.2) is 5.97 Å². The largest absolute Gasteiger partial charge is 0.550 e. The number of hydrogen-bond acceptors (Lipinski definition) is 2. The van der Waals surface area contributed by atoms with Crippen LogP contribution in [0, 0.1) is 23.2 Å². The zero-order chi connectivity index (χ0) is 9.05. The van der Waals surface area contributed by atoms with Gasteiger partial charge in [-0.05, 0) is 55.8 Å². The van der Waals surface area contributed by atoms with Crippen LogP contribution in [0.1, 0.15) is 38.5 Å². The second-order valence-corrected chi connectivity index (χ2v) is 5.26. The number of carbonyl (C=O) groups excluding carboxylic acids is 1. The molecule has 0 N–H and O–H groups in total. The minimum absolute atomic E-state index is 0.118. The van der Waals surface area contributed by atoms with Gasteiger partial charge in [-0.1, -0.05) is 0 Å². The van der Waals surface area contributed by atoms with E-state index >= 15 is 0 Å². The molecule has 0 aliphatic heterocycles. The predicted octanol–water partition coefficient (Wildman–Crippen LogP) is 0.953. The molecule has 4 fully saturated rings. The van der Waals surface area contributed by atoms with Crippen LogP contribution in [0.5, 0.6) is 0 Å². The molecule has 2 unspecified atom stereocenters. The van der Waals surface area contributed by atoms with E-state index in [0.717, 1.165) is 25.2 Å². The molecule has 2 bridgehead atoms. The summed E-state index contributed by atoms with van der Waals surface area (Å²) in [6.45, 7) is 0. The van der Waals surface area contributed by atoms with Crippen LogP contribution in [-0.2, 0) is 4.79 Å². The van der Waals surface area contributed by atoms with Gasteiger partial charge in [0.25, 0.3) is 0 Å². The van der Waals surface area contributed by atoms with Crippen LogP contribution in [0.2, 0.25) is 0 Å². The van der Waals surface area contributed by atoms with Gasteiger partial charge in [-0.2, -0.15) is 0 Å². The van der Waals surface area contributed by atoms with Crippen molar-refractivity contribution in [3.05, 3.63) is 0 Å². The Morgan fingerprint density at radius 1 is 1.31 bits per heavy atom. The van der Waals surface area contributed by atoms with Crippen LogP contribution in [0.4, 0.5) is 0 Å². The summed E-state index contributed by atoms with van der Waals surface area (Å²) in [6.07, 6.45) is 7.07. The van der Waals surface area contributed by atoms with E-state index in [4.69, 9.17) is 0 Å². The molecule has 0 aromatic rings. The second kappa shape index (κ2) is 2.28. The average molecular weight is 179 g/mol. The quantitative estimate of drug-likeness (QED) is 0.601. The van der Waals surface area contributed by atoms with E-state index in [9.17, 15) is 9.90 Å². The Balaban J connectivity index is 1.86. The minimum Gasteiger partial charge on any atom is -0.550 e. The van der Waals surface area contributed by atoms with Crippen molar-refractivity contribution in [3.8, 4) is 0 Å². The third-order valence-electron chi connectivity index (χ3n) is 4.78. The van der Waals surface area contributed by atoms with Crippen molar-refractivity contribution in [2.45, 2.75) is 38.5 Å². The van der Waals surface area contributed by atoms with Crippen molar-refractivity contribution in [2.75, 3.05) is 0 Å². The normalized spacial score (nSPS) is 52.5. The van der Waals surface area contributed by atoms with Crippen molar-refractivity contribution >= 4 is 5.97 Å². The summed E-state index contributed by atoms with van der Waals surface area (Å²) in [5.41, 5.74) is 0.612. The summed E-state index contributed by atoms with van der Waals surface area (Å²) < 4.78 is 0. The fourth-order valence-corrected chi connectivity index (χ4v) is 3.81. The van der Waals surface area contributed by atoms with E-state index in [0.29, 0.717) is 11.3 Å². The van der Waals surface area contributed by atoms with Crippen LogP contribution in [0.3, 0.4) is 0 Å². The molecule has 0 heterocycles. The van der Waals surface area contributed by atoms with Gasteiger partial charge in [-0.3, -0.25) is 0 Å². The van der Waals surface area contributed by atoms with E-state index in [1.54, 1.807) is 0 Å². The van der Waals surface area contributed by atoms with Crippen LogP contribution < -0.4 is 5.11 Å². The maximum atomic E-state index is 10.9. The van der Waals surface area contributed by atoms with E-state index in [2.05, 4.69) is 0 Å². The third kappa shape index (κ3) is 0.976. The summed E-state index contributed by atoms with van der Waals surface area (Å²) in [4.78, 5) is 10.9. The number of fused-ring (bicyclic) bond motifs is 3. The molecule has 0 radical (unpaired) electrons. The first-order chi connectivity index (χ1) is 6.21. The van der Waals surface area contributed by atoms with Gasteiger partial charge < -0.3 is 9.90 Å². The SMILES string of the molecule is O=C([O-])[C@@H]1CCC23CC[C@@H]1CC2C3. The zero-order valence-electron chi connectivity index (χ0n) is 7.79. The summed E-state index contributed by atoms with van der Waals surface area (Å²) in [5, 5.41) is 10.9. The van der Waals surface area contributed by atoms with Crippen LogP contribution in [0.15, 0.2) is 0 Å². The Kier molecular flexibility index (Phi) is 1.38. The first kappa shape index (κ1) is 7.84. The van der Waals surface area contributed by atoms with Gasteiger partial charge in [0, 0.05) is 11.9 Å². The molecule has 4 atom stereocenters. The molecule has 4 rings (SSSR count). The summed E-state index contributed by atoms with van der Waals surface area (Å²) in [5.74, 6) is 0.430. The van der Waals surface area contributed by atoms with Gasteiger partial charge in [0.1, 0.15) is 0 Å². The zero-order valence-corrected chi connectivity index (χ0v) is 7.79. The molecule has 0 aromatic heterocycles. The number of aliphatic carboxylic acids is 1. The van der Waals surface area contributed by atoms with Crippen molar-refractivity contribution in [2.24, 2.45) is 23.2 Å². The highest BCUT2D eigenvalue weighted by Gasteiger charge is 2.58. The summed E-state index contributed by atoms with van der Waals surface area (Å²) in [6, 6.07) is 0. The second-order valence-electron chi connectivity index (χ2n) is 5.26. The van der Waals surface area contributed by atoms with Gasteiger partial charge >= 0.3 is 0 Å².